The van der Waals surface area contributed by atoms with Crippen molar-refractivity contribution in [3.8, 4) is 11.1 Å². The van der Waals surface area contributed by atoms with E-state index in [2.05, 4.69) is 34.3 Å². The molecule has 3 heterocycles. The summed E-state index contributed by atoms with van der Waals surface area (Å²) in [7, 11) is 0. The third-order valence-corrected chi connectivity index (χ3v) is 7.10. The van der Waals surface area contributed by atoms with Crippen LogP contribution in [0.2, 0.25) is 0 Å². The lowest BCUT2D eigenvalue weighted by Gasteiger charge is -2.37. The Balaban J connectivity index is 0.000000366. The van der Waals surface area contributed by atoms with Gasteiger partial charge in [-0.25, -0.2) is 4.39 Å². The van der Waals surface area contributed by atoms with Gasteiger partial charge in [-0.05, 0) is 60.4 Å². The Labute approximate surface area is 221 Å². The van der Waals surface area contributed by atoms with Crippen LogP contribution in [0, 0.1) is 17.2 Å². The Kier molecular flexibility index (Phi) is 6.97. The number of carbonyl (C=O) groups is 2. The zero-order valence-corrected chi connectivity index (χ0v) is 21.6. The molecule has 1 aromatic carbocycles. The number of halogens is 1. The molecule has 1 saturated carbocycles. The SMILES string of the molecule is CC1(C)CC(=O)C2=C(C1)Nc1[nH]ncc1C2/C=C/c1ccc(-c2cccc(F)c2)cn1.NC(=O)CC1CC1. The Bertz CT molecular complexity index is 1420. The highest BCUT2D eigenvalue weighted by molar-refractivity contribution is 6.01. The van der Waals surface area contributed by atoms with Crippen LogP contribution in [0.5, 0.6) is 0 Å². The molecule has 3 aromatic rings. The van der Waals surface area contributed by atoms with Crippen molar-refractivity contribution < 1.29 is 14.0 Å². The number of anilines is 1. The monoisotopic (exact) mass is 513 g/mol. The van der Waals surface area contributed by atoms with Crippen molar-refractivity contribution >= 4 is 23.6 Å². The molecule has 6 rings (SSSR count). The molecule has 0 saturated heterocycles. The highest BCUT2D eigenvalue weighted by Crippen LogP contribution is 2.46. The van der Waals surface area contributed by atoms with Crippen molar-refractivity contribution in [2.24, 2.45) is 17.1 Å². The van der Waals surface area contributed by atoms with E-state index >= 15 is 0 Å². The molecule has 4 N–H and O–H groups in total. The van der Waals surface area contributed by atoms with Gasteiger partial charge in [0.1, 0.15) is 11.6 Å². The number of primary amides is 1. The number of allylic oxidation sites excluding steroid dienone is 3. The molecule has 1 atom stereocenters. The number of hydrogen-bond donors (Lipinski definition) is 3. The van der Waals surface area contributed by atoms with Gasteiger partial charge in [0.25, 0.3) is 0 Å². The second kappa shape index (κ2) is 10.4. The quantitative estimate of drug-likeness (QED) is 0.402. The molecule has 2 aliphatic carbocycles. The number of fused-ring (bicyclic) bond motifs is 1. The highest BCUT2D eigenvalue weighted by atomic mass is 19.1. The van der Waals surface area contributed by atoms with Crippen molar-refractivity contribution in [3.63, 3.8) is 0 Å². The smallest absolute Gasteiger partial charge is 0.217 e. The first-order valence-electron chi connectivity index (χ1n) is 12.9. The van der Waals surface area contributed by atoms with Gasteiger partial charge in [-0.15, -0.1) is 0 Å². The van der Waals surface area contributed by atoms with E-state index in [1.165, 1.54) is 25.0 Å². The summed E-state index contributed by atoms with van der Waals surface area (Å²) >= 11 is 0. The molecule has 7 nitrogen and oxygen atoms in total. The molecule has 2 aromatic heterocycles. The maximum absolute atomic E-state index is 13.5. The van der Waals surface area contributed by atoms with Crippen LogP contribution in [0.15, 0.2) is 66.1 Å². The number of carbonyl (C=O) groups excluding carboxylic acids is 2. The number of rotatable bonds is 5. The van der Waals surface area contributed by atoms with Gasteiger partial charge in [0.05, 0.1) is 11.9 Å². The molecular weight excluding hydrogens is 481 g/mol. The standard InChI is InChI=1S/C25H23FN4O.C5H9NO/c1-25(2)11-21-23(22(31)12-25)19(20-14-28-30-24(20)29-21)9-8-18-7-6-16(13-27-18)15-4-3-5-17(26)10-15;6-5(7)3-4-1-2-4/h3-10,13-14,19H,11-12H2,1-2H3,(H2,28,29,30);4H,1-3H2,(H2,6,7)/b9-8+;. The Morgan fingerprint density at radius 2 is 1.97 bits per heavy atom. The van der Waals surface area contributed by atoms with E-state index in [0.717, 1.165) is 45.9 Å². The average Bonchev–Trinajstić information content (AvgIpc) is 3.54. The Hall–Kier alpha value is -4.07. The van der Waals surface area contributed by atoms with Crippen LogP contribution < -0.4 is 11.1 Å². The summed E-state index contributed by atoms with van der Waals surface area (Å²) in [6.07, 6.45) is 11.8. The van der Waals surface area contributed by atoms with Crippen molar-refractivity contribution in [2.75, 3.05) is 5.32 Å². The number of nitrogens with two attached hydrogens (primary N) is 1. The summed E-state index contributed by atoms with van der Waals surface area (Å²) in [4.78, 5) is 27.6. The van der Waals surface area contributed by atoms with Crippen LogP contribution in [0.25, 0.3) is 17.2 Å². The molecule has 38 heavy (non-hydrogen) atoms. The fourth-order valence-electron chi connectivity index (χ4n) is 5.09. The molecule has 0 bridgehead atoms. The minimum Gasteiger partial charge on any atom is -0.370 e. The van der Waals surface area contributed by atoms with Gasteiger partial charge in [0, 0.05) is 47.4 Å². The summed E-state index contributed by atoms with van der Waals surface area (Å²) in [5, 5.41) is 10.6. The number of H-pyrrole nitrogens is 1. The van der Waals surface area contributed by atoms with Gasteiger partial charge in [0.2, 0.25) is 5.91 Å². The number of ketones is 1. The van der Waals surface area contributed by atoms with E-state index in [1.807, 2.05) is 30.4 Å². The zero-order valence-electron chi connectivity index (χ0n) is 21.6. The average molecular weight is 514 g/mol. The largest absolute Gasteiger partial charge is 0.370 e. The van der Waals surface area contributed by atoms with Gasteiger partial charge in [-0.2, -0.15) is 5.10 Å². The number of nitrogens with zero attached hydrogens (tertiary/aromatic N) is 2. The molecule has 1 aliphatic heterocycles. The van der Waals surface area contributed by atoms with Gasteiger partial charge < -0.3 is 11.1 Å². The highest BCUT2D eigenvalue weighted by Gasteiger charge is 2.39. The van der Waals surface area contributed by atoms with Gasteiger partial charge in [-0.3, -0.25) is 19.7 Å². The number of aromatic amines is 1. The number of aromatic nitrogens is 3. The second-order valence-electron chi connectivity index (χ2n) is 11.1. The van der Waals surface area contributed by atoms with Crippen molar-refractivity contribution in [1.82, 2.24) is 15.2 Å². The van der Waals surface area contributed by atoms with E-state index in [0.29, 0.717) is 18.8 Å². The summed E-state index contributed by atoms with van der Waals surface area (Å²) in [6, 6.07) is 10.3. The van der Waals surface area contributed by atoms with E-state index in [-0.39, 0.29) is 28.8 Å². The van der Waals surface area contributed by atoms with Crippen molar-refractivity contribution in [3.05, 3.63) is 83.2 Å². The van der Waals surface area contributed by atoms with E-state index < -0.39 is 0 Å². The normalized spacial score (nSPS) is 19.8. The molecule has 8 heteroatoms. The van der Waals surface area contributed by atoms with Gasteiger partial charge in [-0.1, -0.05) is 38.1 Å². The third kappa shape index (κ3) is 5.90. The molecule has 0 spiro atoms. The first-order chi connectivity index (χ1) is 18.2. The van der Waals surface area contributed by atoms with Crippen LogP contribution in [-0.4, -0.2) is 26.9 Å². The lowest BCUT2D eigenvalue weighted by molar-refractivity contribution is -0.119. The van der Waals surface area contributed by atoms with Gasteiger partial charge >= 0.3 is 0 Å². The van der Waals surface area contributed by atoms with Gasteiger partial charge in [0.15, 0.2) is 5.78 Å². The zero-order chi connectivity index (χ0) is 26.9. The lowest BCUT2D eigenvalue weighted by atomic mass is 9.71. The molecule has 1 amide bonds. The molecule has 1 fully saturated rings. The summed E-state index contributed by atoms with van der Waals surface area (Å²) in [5.74, 6) is 1.08. The van der Waals surface area contributed by atoms with Crippen LogP contribution in [0.4, 0.5) is 10.2 Å². The molecule has 1 unspecified atom stereocenters. The van der Waals surface area contributed by atoms with E-state index in [1.54, 1.807) is 18.5 Å². The number of benzene rings is 1. The lowest BCUT2D eigenvalue weighted by Crippen LogP contribution is -2.32. The number of pyridine rings is 1. The minimum atomic E-state index is -0.271. The first kappa shape index (κ1) is 25.6. The Morgan fingerprint density at radius 3 is 2.63 bits per heavy atom. The molecular formula is C30H32FN5O2. The number of nitrogens with one attached hydrogen (secondary N) is 2. The number of Topliss-reactive ketones (excluding diaryl/α,β-unsaturated/α-hetero) is 1. The van der Waals surface area contributed by atoms with Crippen molar-refractivity contribution in [2.45, 2.75) is 51.9 Å². The molecule has 3 aliphatic rings. The minimum absolute atomic E-state index is 0.0665. The summed E-state index contributed by atoms with van der Waals surface area (Å²) in [5.41, 5.74) is 9.99. The van der Waals surface area contributed by atoms with E-state index in [4.69, 9.17) is 5.73 Å². The van der Waals surface area contributed by atoms with Crippen LogP contribution in [0.1, 0.15) is 63.1 Å². The summed E-state index contributed by atoms with van der Waals surface area (Å²) < 4.78 is 13.5. The topological polar surface area (TPSA) is 114 Å². The maximum atomic E-state index is 13.5. The van der Waals surface area contributed by atoms with Crippen molar-refractivity contribution in [1.29, 1.82) is 0 Å². The fourth-order valence-corrected chi connectivity index (χ4v) is 5.09. The molecule has 196 valence electrons. The van der Waals surface area contributed by atoms with E-state index in [9.17, 15) is 14.0 Å². The third-order valence-electron chi connectivity index (χ3n) is 7.10. The van der Waals surface area contributed by atoms with Crippen LogP contribution in [0.3, 0.4) is 0 Å². The number of hydrogen-bond acceptors (Lipinski definition) is 5. The van der Waals surface area contributed by atoms with Crippen LogP contribution in [-0.2, 0) is 9.59 Å². The number of amides is 1. The first-order valence-corrected chi connectivity index (χ1v) is 12.9. The Morgan fingerprint density at radius 1 is 1.16 bits per heavy atom. The summed E-state index contributed by atoms with van der Waals surface area (Å²) in [6.45, 7) is 4.24. The van der Waals surface area contributed by atoms with Crippen LogP contribution >= 0.6 is 0 Å². The second-order valence-corrected chi connectivity index (χ2v) is 11.1. The molecule has 0 radical (unpaired) electrons. The maximum Gasteiger partial charge on any atom is 0.217 e. The fraction of sp³-hybridized carbons (Fsp3) is 0.333. The predicted molar refractivity (Wildman–Crippen MR) is 145 cm³/mol. The predicted octanol–water partition coefficient (Wildman–Crippen LogP) is 5.75.